The monoisotopic (exact) mass is 390 g/mol. The van der Waals surface area contributed by atoms with Crippen molar-refractivity contribution in [2.45, 2.75) is 0 Å². The summed E-state index contributed by atoms with van der Waals surface area (Å²) in [4.78, 5) is 22.1. The number of esters is 1. The minimum atomic E-state index is -0.392. The van der Waals surface area contributed by atoms with E-state index >= 15 is 0 Å². The van der Waals surface area contributed by atoms with Gasteiger partial charge in [0.25, 0.3) is 0 Å². The molecule has 0 bridgehead atoms. The van der Waals surface area contributed by atoms with Gasteiger partial charge in [0.15, 0.2) is 6.29 Å². The number of hydrazone groups is 1. The van der Waals surface area contributed by atoms with E-state index in [-0.39, 0.29) is 6.54 Å². The predicted octanol–water partition coefficient (Wildman–Crippen LogP) is 2.42. The third kappa shape index (κ3) is 4.76. The second-order valence-electron chi connectivity index (χ2n) is 3.63. The third-order valence-corrected chi connectivity index (χ3v) is 3.29. The summed E-state index contributed by atoms with van der Waals surface area (Å²) in [7, 11) is 2.95. The molecule has 0 N–H and O–H groups in total. The molecule has 1 rings (SSSR count). The molecule has 102 valence electrons. The fourth-order valence-electron chi connectivity index (χ4n) is 1.30. The first-order valence-corrected chi connectivity index (χ1v) is 6.83. The summed E-state index contributed by atoms with van der Waals surface area (Å²) in [6.07, 6.45) is 0.749. The van der Waals surface area contributed by atoms with Gasteiger partial charge in [-0.1, -0.05) is 15.9 Å². The van der Waals surface area contributed by atoms with Crippen LogP contribution in [0.1, 0.15) is 15.9 Å². The van der Waals surface area contributed by atoms with Crippen LogP contribution in [0.15, 0.2) is 27.8 Å². The number of methoxy groups -OCH3 is 1. The van der Waals surface area contributed by atoms with Crippen LogP contribution < -0.4 is 0 Å². The zero-order valence-corrected chi connectivity index (χ0v) is 13.6. The van der Waals surface area contributed by atoms with Gasteiger partial charge in [0.05, 0.1) is 7.11 Å². The smallest absolute Gasteiger partial charge is 0.327 e. The van der Waals surface area contributed by atoms with Crippen LogP contribution in [-0.2, 0) is 9.53 Å². The van der Waals surface area contributed by atoms with E-state index in [1.807, 2.05) is 0 Å². The molecule has 1 aromatic carbocycles. The van der Waals surface area contributed by atoms with Crippen LogP contribution in [-0.4, -0.2) is 42.6 Å². The van der Waals surface area contributed by atoms with Crippen LogP contribution in [0.3, 0.4) is 0 Å². The van der Waals surface area contributed by atoms with Crippen LogP contribution >= 0.6 is 31.9 Å². The Morgan fingerprint density at radius 2 is 2.21 bits per heavy atom. The summed E-state index contributed by atoms with van der Waals surface area (Å²) >= 11 is 6.63. The highest BCUT2D eigenvalue weighted by Gasteiger charge is 2.10. The first kappa shape index (κ1) is 15.8. The molecule has 1 aromatic rings. The van der Waals surface area contributed by atoms with Gasteiger partial charge in [-0.25, -0.2) is 0 Å². The predicted molar refractivity (Wildman–Crippen MR) is 79.6 cm³/mol. The molecule has 7 heteroatoms. The standard InChI is InChI=1S/C12H12Br2N2O3/c1-16(6-11(18)19-2)15-12(14)10-5-9(13)4-3-8(10)7-17/h3-5,7H,6H2,1-2H3/b15-12+. The van der Waals surface area contributed by atoms with Gasteiger partial charge in [0.2, 0.25) is 0 Å². The molecule has 0 spiro atoms. The second-order valence-corrected chi connectivity index (χ2v) is 5.30. The van der Waals surface area contributed by atoms with Crippen molar-refractivity contribution in [1.29, 1.82) is 0 Å². The van der Waals surface area contributed by atoms with Crippen LogP contribution in [0.25, 0.3) is 0 Å². The molecular formula is C12H12Br2N2O3. The largest absolute Gasteiger partial charge is 0.468 e. The normalized spacial score (nSPS) is 11.1. The SMILES string of the molecule is COC(=O)CN(C)/N=C(/Br)c1cc(Br)ccc1C=O. The number of benzene rings is 1. The van der Waals surface area contributed by atoms with Gasteiger partial charge in [-0.05, 0) is 34.1 Å². The molecule has 0 aliphatic carbocycles. The summed E-state index contributed by atoms with van der Waals surface area (Å²) < 4.78 is 5.83. The number of rotatable bonds is 5. The van der Waals surface area contributed by atoms with Crippen LogP contribution in [0, 0.1) is 0 Å². The summed E-state index contributed by atoms with van der Waals surface area (Å²) in [6.45, 7) is 0.0238. The Balaban J connectivity index is 2.98. The maximum absolute atomic E-state index is 11.1. The van der Waals surface area contributed by atoms with Crippen molar-refractivity contribution >= 4 is 48.7 Å². The highest BCUT2D eigenvalue weighted by atomic mass is 79.9. The van der Waals surface area contributed by atoms with Crippen molar-refractivity contribution in [1.82, 2.24) is 5.01 Å². The average molecular weight is 392 g/mol. The van der Waals surface area contributed by atoms with Gasteiger partial charge in [-0.2, -0.15) is 5.10 Å². The Labute approximate surface area is 127 Å². The van der Waals surface area contributed by atoms with Crippen molar-refractivity contribution in [2.75, 3.05) is 20.7 Å². The average Bonchev–Trinajstić information content (AvgIpc) is 2.38. The fourth-order valence-corrected chi connectivity index (χ4v) is 2.28. The number of ether oxygens (including phenoxy) is 1. The van der Waals surface area contributed by atoms with Crippen LogP contribution in [0.4, 0.5) is 0 Å². The number of carbonyl (C=O) groups is 2. The highest BCUT2D eigenvalue weighted by molar-refractivity contribution is 9.18. The lowest BCUT2D eigenvalue weighted by molar-refractivity contribution is -0.141. The van der Waals surface area contributed by atoms with Crippen molar-refractivity contribution in [2.24, 2.45) is 5.10 Å². The minimum Gasteiger partial charge on any atom is -0.468 e. The number of aldehydes is 1. The van der Waals surface area contributed by atoms with Crippen molar-refractivity contribution in [3.8, 4) is 0 Å². The molecule has 0 radical (unpaired) electrons. The van der Waals surface area contributed by atoms with Gasteiger partial charge < -0.3 is 4.74 Å². The molecule has 19 heavy (non-hydrogen) atoms. The molecule has 5 nitrogen and oxygen atoms in total. The molecule has 0 aliphatic rings. The molecule has 0 heterocycles. The number of hydrogen-bond donors (Lipinski definition) is 0. The zero-order valence-electron chi connectivity index (χ0n) is 10.4. The van der Waals surface area contributed by atoms with E-state index in [2.05, 4.69) is 41.7 Å². The van der Waals surface area contributed by atoms with E-state index in [9.17, 15) is 9.59 Å². The van der Waals surface area contributed by atoms with Crippen molar-refractivity contribution in [3.05, 3.63) is 33.8 Å². The summed E-state index contributed by atoms with van der Waals surface area (Å²) in [5.74, 6) is -0.392. The summed E-state index contributed by atoms with van der Waals surface area (Å²) in [5, 5.41) is 5.59. The number of carbonyl (C=O) groups excluding carboxylic acids is 2. The Morgan fingerprint density at radius 1 is 1.53 bits per heavy atom. The lowest BCUT2D eigenvalue weighted by atomic mass is 10.1. The van der Waals surface area contributed by atoms with E-state index < -0.39 is 5.97 Å². The van der Waals surface area contributed by atoms with Gasteiger partial charge in [-0.3, -0.25) is 14.6 Å². The molecule has 0 amide bonds. The summed E-state index contributed by atoms with van der Waals surface area (Å²) in [6, 6.07) is 5.22. The quantitative estimate of drug-likeness (QED) is 0.334. The number of nitrogens with zero attached hydrogens (tertiary/aromatic N) is 2. The molecular weight excluding hydrogens is 380 g/mol. The highest BCUT2D eigenvalue weighted by Crippen LogP contribution is 2.19. The van der Waals surface area contributed by atoms with E-state index in [0.717, 1.165) is 10.8 Å². The maximum atomic E-state index is 11.1. The number of likely N-dealkylation sites (N-methyl/N-ethyl adjacent to an activating group) is 1. The third-order valence-electron chi connectivity index (χ3n) is 2.21. The maximum Gasteiger partial charge on any atom is 0.327 e. The lowest BCUT2D eigenvalue weighted by Gasteiger charge is -2.12. The van der Waals surface area contributed by atoms with E-state index in [1.54, 1.807) is 25.2 Å². The molecule has 0 saturated carbocycles. The molecule has 0 aromatic heterocycles. The van der Waals surface area contributed by atoms with Gasteiger partial charge in [0.1, 0.15) is 11.2 Å². The van der Waals surface area contributed by atoms with E-state index in [4.69, 9.17) is 0 Å². The first-order valence-electron chi connectivity index (χ1n) is 5.25. The lowest BCUT2D eigenvalue weighted by Crippen LogP contribution is -2.23. The van der Waals surface area contributed by atoms with Gasteiger partial charge in [-0.15, -0.1) is 0 Å². The van der Waals surface area contributed by atoms with E-state index in [0.29, 0.717) is 15.7 Å². The molecule has 0 fully saturated rings. The van der Waals surface area contributed by atoms with Crippen LogP contribution in [0.2, 0.25) is 0 Å². The van der Waals surface area contributed by atoms with Crippen LogP contribution in [0.5, 0.6) is 0 Å². The Bertz CT molecular complexity index is 518. The van der Waals surface area contributed by atoms with Gasteiger partial charge in [0, 0.05) is 22.6 Å². The summed E-state index contributed by atoms with van der Waals surface area (Å²) in [5.41, 5.74) is 1.14. The Kier molecular flexibility index (Phi) is 6.17. The molecule has 0 aliphatic heterocycles. The topological polar surface area (TPSA) is 59.0 Å². The van der Waals surface area contributed by atoms with E-state index in [1.165, 1.54) is 12.1 Å². The second kappa shape index (κ2) is 7.40. The van der Waals surface area contributed by atoms with Crippen molar-refractivity contribution < 1.29 is 14.3 Å². The zero-order chi connectivity index (χ0) is 14.4. The first-order chi connectivity index (χ1) is 8.97. The van der Waals surface area contributed by atoms with Gasteiger partial charge >= 0.3 is 5.97 Å². The molecule has 0 unspecified atom stereocenters. The Morgan fingerprint density at radius 3 is 2.79 bits per heavy atom. The number of hydrogen-bond acceptors (Lipinski definition) is 5. The molecule has 0 atom stereocenters. The number of halogens is 2. The Hall–Kier alpha value is -1.21. The minimum absolute atomic E-state index is 0.0238. The molecule has 0 saturated heterocycles. The van der Waals surface area contributed by atoms with Crippen molar-refractivity contribution in [3.63, 3.8) is 0 Å². The fraction of sp³-hybridized carbons (Fsp3) is 0.250.